The van der Waals surface area contributed by atoms with Crippen LogP contribution in [-0.2, 0) is 6.54 Å². The lowest BCUT2D eigenvalue weighted by Crippen LogP contribution is -2.45. The summed E-state index contributed by atoms with van der Waals surface area (Å²) in [5.41, 5.74) is 0.900. The lowest BCUT2D eigenvalue weighted by molar-refractivity contribution is 0.0694. The van der Waals surface area contributed by atoms with Gasteiger partial charge in [-0.15, -0.1) is 0 Å². The fourth-order valence-electron chi connectivity index (χ4n) is 2.97. The van der Waals surface area contributed by atoms with Crippen LogP contribution in [0.1, 0.15) is 50.5 Å². The van der Waals surface area contributed by atoms with Gasteiger partial charge in [-0.3, -0.25) is 0 Å². The van der Waals surface area contributed by atoms with E-state index in [0.29, 0.717) is 18.3 Å². The van der Waals surface area contributed by atoms with Gasteiger partial charge in [0.2, 0.25) is 5.89 Å². The number of guanidine groups is 1. The first-order valence-electron chi connectivity index (χ1n) is 8.59. The number of fused-ring (bicyclic) bond motifs is 1. The number of aliphatic imine (C=N–C) groups is 1. The van der Waals surface area contributed by atoms with Crippen molar-refractivity contribution in [2.24, 2.45) is 4.99 Å². The number of benzene rings is 1. The number of ether oxygens (including phenoxy) is 1. The van der Waals surface area contributed by atoms with Crippen LogP contribution in [0.4, 0.5) is 0 Å². The summed E-state index contributed by atoms with van der Waals surface area (Å²) in [4.78, 5) is 8.77. The van der Waals surface area contributed by atoms with Gasteiger partial charge in [0.25, 0.3) is 0 Å². The van der Waals surface area contributed by atoms with Crippen LogP contribution in [-0.4, -0.2) is 28.2 Å². The fraction of sp³-hybridized carbons (Fsp3) is 0.500. The molecule has 134 valence electrons. The quantitative estimate of drug-likeness (QED) is 0.656. The van der Waals surface area contributed by atoms with Crippen molar-refractivity contribution in [2.45, 2.75) is 52.3 Å². The van der Waals surface area contributed by atoms with Gasteiger partial charge in [-0.1, -0.05) is 23.4 Å². The molecule has 2 heterocycles. The molecule has 0 spiro atoms. The number of aromatic nitrogens is 2. The minimum Gasteiger partial charge on any atom is -0.487 e. The molecule has 3 rings (SSSR count). The van der Waals surface area contributed by atoms with E-state index in [1.807, 2.05) is 25.1 Å². The van der Waals surface area contributed by atoms with E-state index in [1.54, 1.807) is 6.92 Å². The third-order valence-corrected chi connectivity index (χ3v) is 3.98. The third kappa shape index (κ3) is 4.29. The topological polar surface area (TPSA) is 84.6 Å². The molecule has 2 N–H and O–H groups in total. The van der Waals surface area contributed by atoms with E-state index in [1.165, 1.54) is 0 Å². The summed E-state index contributed by atoms with van der Waals surface area (Å²) in [6, 6.07) is 8.24. The summed E-state index contributed by atoms with van der Waals surface area (Å²) in [7, 11) is 0. The zero-order valence-corrected chi connectivity index (χ0v) is 15.2. The lowest BCUT2D eigenvalue weighted by atomic mass is 9.90. The minimum absolute atomic E-state index is 0.116. The van der Waals surface area contributed by atoms with Gasteiger partial charge in [0, 0.05) is 25.5 Å². The molecule has 1 aromatic heterocycles. The lowest BCUT2D eigenvalue weighted by Gasteiger charge is -2.38. The van der Waals surface area contributed by atoms with Crippen molar-refractivity contribution in [3.05, 3.63) is 41.5 Å². The average molecular weight is 343 g/mol. The van der Waals surface area contributed by atoms with Gasteiger partial charge in [-0.05, 0) is 26.8 Å². The van der Waals surface area contributed by atoms with E-state index in [9.17, 15) is 0 Å². The Balaban J connectivity index is 1.79. The van der Waals surface area contributed by atoms with Gasteiger partial charge < -0.3 is 19.9 Å². The standard InChI is InChI=1S/C18H25N5O2/c1-5-19-17(20-11-16-21-12(2)25-23-16)22-14-10-18(3,4)24-15-9-7-6-8-13(14)15/h6-9,14H,5,10-11H2,1-4H3,(H2,19,20,22). The Morgan fingerprint density at radius 3 is 2.88 bits per heavy atom. The first-order chi connectivity index (χ1) is 12.0. The number of para-hydroxylation sites is 1. The van der Waals surface area contributed by atoms with Crippen LogP contribution in [0.3, 0.4) is 0 Å². The number of hydrogen-bond acceptors (Lipinski definition) is 5. The van der Waals surface area contributed by atoms with E-state index in [2.05, 4.69) is 45.7 Å². The Hall–Kier alpha value is -2.57. The van der Waals surface area contributed by atoms with E-state index < -0.39 is 0 Å². The average Bonchev–Trinajstić information content (AvgIpc) is 2.97. The smallest absolute Gasteiger partial charge is 0.223 e. The third-order valence-electron chi connectivity index (χ3n) is 3.98. The Kier molecular flexibility index (Phi) is 4.92. The molecule has 0 bridgehead atoms. The molecule has 0 radical (unpaired) electrons. The normalized spacial score (nSPS) is 19.0. The number of hydrogen-bond donors (Lipinski definition) is 2. The number of rotatable bonds is 4. The summed E-state index contributed by atoms with van der Waals surface area (Å²) in [5, 5.41) is 10.7. The van der Waals surface area contributed by atoms with Crippen LogP contribution < -0.4 is 15.4 Å². The van der Waals surface area contributed by atoms with Gasteiger partial charge in [-0.25, -0.2) is 4.99 Å². The van der Waals surface area contributed by atoms with Gasteiger partial charge in [0.15, 0.2) is 11.8 Å². The molecule has 0 saturated carbocycles. The summed E-state index contributed by atoms with van der Waals surface area (Å²) >= 11 is 0. The van der Waals surface area contributed by atoms with E-state index in [4.69, 9.17) is 9.26 Å². The zero-order valence-electron chi connectivity index (χ0n) is 15.2. The Bertz CT molecular complexity index is 753. The van der Waals surface area contributed by atoms with Crippen LogP contribution in [0.15, 0.2) is 33.8 Å². The molecule has 1 aromatic carbocycles. The van der Waals surface area contributed by atoms with E-state index >= 15 is 0 Å². The predicted octanol–water partition coefficient (Wildman–Crippen LogP) is 2.74. The molecular formula is C18H25N5O2. The Morgan fingerprint density at radius 1 is 1.36 bits per heavy atom. The molecule has 1 atom stereocenters. The molecule has 0 saturated heterocycles. The summed E-state index contributed by atoms with van der Waals surface area (Å²) in [6.45, 7) is 9.14. The first-order valence-corrected chi connectivity index (χ1v) is 8.59. The van der Waals surface area contributed by atoms with Crippen molar-refractivity contribution < 1.29 is 9.26 Å². The monoisotopic (exact) mass is 343 g/mol. The molecule has 25 heavy (non-hydrogen) atoms. The van der Waals surface area contributed by atoms with Crippen molar-refractivity contribution in [1.29, 1.82) is 0 Å². The molecule has 7 heteroatoms. The van der Waals surface area contributed by atoms with E-state index in [-0.39, 0.29) is 11.6 Å². The predicted molar refractivity (Wildman–Crippen MR) is 95.5 cm³/mol. The first kappa shape index (κ1) is 17.3. The highest BCUT2D eigenvalue weighted by molar-refractivity contribution is 5.80. The number of nitrogens with zero attached hydrogens (tertiary/aromatic N) is 3. The summed E-state index contributed by atoms with van der Waals surface area (Å²) in [5.74, 6) is 2.76. The van der Waals surface area contributed by atoms with Crippen molar-refractivity contribution in [2.75, 3.05) is 6.54 Å². The highest BCUT2D eigenvalue weighted by atomic mass is 16.5. The highest BCUT2D eigenvalue weighted by Gasteiger charge is 2.33. The van der Waals surface area contributed by atoms with Crippen LogP contribution >= 0.6 is 0 Å². The zero-order chi connectivity index (χ0) is 17.9. The molecule has 2 aromatic rings. The van der Waals surface area contributed by atoms with Gasteiger partial charge in [0.05, 0.1) is 6.04 Å². The molecule has 1 aliphatic rings. The highest BCUT2D eigenvalue weighted by Crippen LogP contribution is 2.39. The maximum atomic E-state index is 6.09. The van der Waals surface area contributed by atoms with Gasteiger partial charge >= 0.3 is 0 Å². The minimum atomic E-state index is -0.242. The van der Waals surface area contributed by atoms with Crippen LogP contribution in [0.2, 0.25) is 0 Å². The SMILES string of the molecule is CCNC(=NCc1noc(C)n1)NC1CC(C)(C)Oc2ccccc21. The van der Waals surface area contributed by atoms with Crippen molar-refractivity contribution in [3.8, 4) is 5.75 Å². The fourth-order valence-corrected chi connectivity index (χ4v) is 2.97. The molecule has 0 aliphatic carbocycles. The second-order valence-corrected chi connectivity index (χ2v) is 6.73. The summed E-state index contributed by atoms with van der Waals surface area (Å²) < 4.78 is 11.1. The van der Waals surface area contributed by atoms with Crippen LogP contribution in [0, 0.1) is 6.92 Å². The van der Waals surface area contributed by atoms with Crippen molar-refractivity contribution in [1.82, 2.24) is 20.8 Å². The second kappa shape index (κ2) is 7.13. The van der Waals surface area contributed by atoms with Crippen LogP contribution in [0.5, 0.6) is 5.75 Å². The molecule has 1 aliphatic heterocycles. The number of nitrogens with one attached hydrogen (secondary N) is 2. The van der Waals surface area contributed by atoms with Gasteiger partial charge in [0.1, 0.15) is 17.9 Å². The number of aryl methyl sites for hydroxylation is 1. The van der Waals surface area contributed by atoms with E-state index in [0.717, 1.165) is 30.2 Å². The molecule has 7 nitrogen and oxygen atoms in total. The van der Waals surface area contributed by atoms with Gasteiger partial charge in [-0.2, -0.15) is 4.98 Å². The van der Waals surface area contributed by atoms with Crippen LogP contribution in [0.25, 0.3) is 0 Å². The molecule has 0 amide bonds. The molecule has 0 fully saturated rings. The molecular weight excluding hydrogens is 318 g/mol. The van der Waals surface area contributed by atoms with Crippen molar-refractivity contribution >= 4 is 5.96 Å². The largest absolute Gasteiger partial charge is 0.487 e. The summed E-state index contributed by atoms with van der Waals surface area (Å²) in [6.07, 6.45) is 0.843. The maximum Gasteiger partial charge on any atom is 0.223 e. The Morgan fingerprint density at radius 2 is 2.16 bits per heavy atom. The second-order valence-electron chi connectivity index (χ2n) is 6.73. The molecule has 1 unspecified atom stereocenters. The maximum absolute atomic E-state index is 6.09. The Labute approximate surface area is 147 Å². The van der Waals surface area contributed by atoms with Crippen molar-refractivity contribution in [3.63, 3.8) is 0 Å².